The summed E-state index contributed by atoms with van der Waals surface area (Å²) in [6.07, 6.45) is 6.51. The fourth-order valence-corrected chi connectivity index (χ4v) is 10.6. The van der Waals surface area contributed by atoms with Crippen LogP contribution in [0.4, 0.5) is 0 Å². The lowest BCUT2D eigenvalue weighted by molar-refractivity contribution is 0.273. The van der Waals surface area contributed by atoms with E-state index in [1.165, 1.54) is 11.7 Å². The standard InChI is InChI=1S/C27H52N4P2/c1-24(2,3)20-14-19(18-33(25(4,5)6)26(7,8)9)21(15-20)27(32,22-16-28-10-12-30-22)23-17-29-11-13-31-23/h14-15,19,22-23,28-31H,10-13,16-18,32H2,1-9H3. The Balaban J connectivity index is 2.07. The van der Waals surface area contributed by atoms with Gasteiger partial charge >= 0.3 is 0 Å². The Labute approximate surface area is 208 Å². The highest BCUT2D eigenvalue weighted by molar-refractivity contribution is 7.60. The van der Waals surface area contributed by atoms with E-state index in [0.717, 1.165) is 39.3 Å². The van der Waals surface area contributed by atoms with Crippen molar-refractivity contribution >= 4 is 17.2 Å². The second-order valence-electron chi connectivity index (χ2n) is 13.4. The van der Waals surface area contributed by atoms with Gasteiger partial charge in [-0.2, -0.15) is 0 Å². The third kappa shape index (κ3) is 6.31. The zero-order chi connectivity index (χ0) is 24.7. The average molecular weight is 495 g/mol. The molecule has 0 radical (unpaired) electrons. The molecular formula is C27H52N4P2. The highest BCUT2D eigenvalue weighted by atomic mass is 31.1. The minimum Gasteiger partial charge on any atom is -0.314 e. The number of piperazine rings is 2. The molecule has 33 heavy (non-hydrogen) atoms. The number of hydrogen-bond donors (Lipinski definition) is 4. The summed E-state index contributed by atoms with van der Waals surface area (Å²) in [5, 5.41) is 15.8. The summed E-state index contributed by atoms with van der Waals surface area (Å²) in [6.45, 7) is 28.1. The first-order valence-electron chi connectivity index (χ1n) is 13.0. The number of nitrogens with one attached hydrogen (secondary N) is 4. The Kier molecular flexibility index (Phi) is 8.64. The van der Waals surface area contributed by atoms with Crippen LogP contribution >= 0.6 is 17.2 Å². The van der Waals surface area contributed by atoms with Crippen molar-refractivity contribution in [3.8, 4) is 0 Å². The Morgan fingerprint density at radius 3 is 1.67 bits per heavy atom. The Morgan fingerprint density at radius 2 is 1.30 bits per heavy atom. The molecule has 2 saturated heterocycles. The summed E-state index contributed by atoms with van der Waals surface area (Å²) in [6, 6.07) is 0.788. The lowest BCUT2D eigenvalue weighted by Gasteiger charge is -2.51. The van der Waals surface area contributed by atoms with E-state index in [4.69, 9.17) is 0 Å². The highest BCUT2D eigenvalue weighted by Gasteiger charge is 2.50. The van der Waals surface area contributed by atoms with Crippen molar-refractivity contribution in [3.63, 3.8) is 0 Å². The summed E-state index contributed by atoms with van der Waals surface area (Å²) < 4.78 is 0. The summed E-state index contributed by atoms with van der Waals surface area (Å²) >= 11 is 0. The molecule has 0 saturated carbocycles. The molecule has 4 N–H and O–H groups in total. The van der Waals surface area contributed by atoms with Gasteiger partial charge in [-0.15, -0.1) is 9.24 Å². The molecule has 2 aliphatic heterocycles. The van der Waals surface area contributed by atoms with Crippen molar-refractivity contribution in [1.82, 2.24) is 21.3 Å². The van der Waals surface area contributed by atoms with Gasteiger partial charge in [-0.1, -0.05) is 82.4 Å². The van der Waals surface area contributed by atoms with E-state index in [-0.39, 0.29) is 18.5 Å². The van der Waals surface area contributed by atoms with Crippen molar-refractivity contribution < 1.29 is 0 Å². The quantitative estimate of drug-likeness (QED) is 0.430. The minimum absolute atomic E-state index is 0.0359. The maximum absolute atomic E-state index is 3.91. The highest BCUT2D eigenvalue weighted by Crippen LogP contribution is 2.62. The minimum atomic E-state index is -0.184. The van der Waals surface area contributed by atoms with E-state index >= 15 is 0 Å². The normalized spacial score (nSPS) is 29.6. The van der Waals surface area contributed by atoms with Crippen LogP contribution in [-0.2, 0) is 0 Å². The second-order valence-corrected chi connectivity index (χ2v) is 18.2. The van der Waals surface area contributed by atoms with E-state index < -0.39 is 0 Å². The SMILES string of the molecule is CC(C)(C)C1=CC(CP(C(C)(C)C)C(C)(C)C)C(C(P)(C2CNCCN2)C2CNCCN2)=C1. The largest absolute Gasteiger partial charge is 0.314 e. The van der Waals surface area contributed by atoms with Crippen molar-refractivity contribution in [2.45, 2.75) is 89.9 Å². The molecule has 0 bridgehead atoms. The van der Waals surface area contributed by atoms with E-state index in [9.17, 15) is 0 Å². The average Bonchev–Trinajstić information content (AvgIpc) is 3.16. The molecule has 190 valence electrons. The molecule has 4 unspecified atom stereocenters. The Bertz CT molecular complexity index is 695. The second kappa shape index (κ2) is 10.3. The third-order valence-corrected chi connectivity index (χ3v) is 12.8. The molecule has 0 spiro atoms. The third-order valence-electron chi connectivity index (χ3n) is 7.69. The zero-order valence-electron chi connectivity index (χ0n) is 22.9. The van der Waals surface area contributed by atoms with Crippen LogP contribution in [0.5, 0.6) is 0 Å². The molecule has 3 rings (SSSR count). The van der Waals surface area contributed by atoms with Crippen molar-refractivity contribution in [2.24, 2.45) is 11.3 Å². The summed E-state index contributed by atoms with van der Waals surface area (Å²) in [5.41, 5.74) is 3.30. The maximum atomic E-state index is 3.91. The van der Waals surface area contributed by atoms with Crippen LogP contribution in [-0.4, -0.2) is 73.0 Å². The predicted octanol–water partition coefficient (Wildman–Crippen LogP) is 4.33. The van der Waals surface area contributed by atoms with Crippen LogP contribution in [0, 0.1) is 11.3 Å². The molecular weight excluding hydrogens is 442 g/mol. The lowest BCUT2D eigenvalue weighted by Crippen LogP contribution is -2.69. The topological polar surface area (TPSA) is 48.1 Å². The van der Waals surface area contributed by atoms with Gasteiger partial charge in [0.15, 0.2) is 0 Å². The molecule has 0 aromatic heterocycles. The molecule has 4 atom stereocenters. The molecule has 3 aliphatic rings. The molecule has 4 nitrogen and oxygen atoms in total. The van der Waals surface area contributed by atoms with Crippen LogP contribution in [0.25, 0.3) is 0 Å². The van der Waals surface area contributed by atoms with Crippen molar-refractivity contribution in [3.05, 3.63) is 23.3 Å². The van der Waals surface area contributed by atoms with Gasteiger partial charge in [0.2, 0.25) is 0 Å². The molecule has 0 aromatic carbocycles. The first-order chi connectivity index (χ1) is 15.1. The fraction of sp³-hybridized carbons (Fsp3) is 0.852. The van der Waals surface area contributed by atoms with Crippen LogP contribution in [0.15, 0.2) is 23.3 Å². The van der Waals surface area contributed by atoms with Gasteiger partial charge < -0.3 is 21.3 Å². The molecule has 2 heterocycles. The van der Waals surface area contributed by atoms with Gasteiger partial charge in [0.1, 0.15) is 0 Å². The number of rotatable bonds is 5. The van der Waals surface area contributed by atoms with Gasteiger partial charge in [-0.3, -0.25) is 0 Å². The van der Waals surface area contributed by atoms with Gasteiger partial charge in [0, 0.05) is 62.4 Å². The summed E-state index contributed by atoms with van der Waals surface area (Å²) in [7, 11) is 3.22. The van der Waals surface area contributed by atoms with E-state index in [2.05, 4.69) is 105 Å². The smallest absolute Gasteiger partial charge is 0.0395 e. The van der Waals surface area contributed by atoms with Gasteiger partial charge in [0.25, 0.3) is 0 Å². The van der Waals surface area contributed by atoms with Crippen molar-refractivity contribution in [1.29, 1.82) is 0 Å². The van der Waals surface area contributed by atoms with Crippen LogP contribution in [0.2, 0.25) is 0 Å². The van der Waals surface area contributed by atoms with Crippen molar-refractivity contribution in [2.75, 3.05) is 45.4 Å². The molecule has 0 aromatic rings. The number of hydrogen-bond acceptors (Lipinski definition) is 4. The Hall–Kier alpha value is 0.180. The van der Waals surface area contributed by atoms with Crippen LogP contribution in [0.1, 0.15) is 62.3 Å². The van der Waals surface area contributed by atoms with Crippen LogP contribution in [0.3, 0.4) is 0 Å². The van der Waals surface area contributed by atoms with Crippen LogP contribution < -0.4 is 21.3 Å². The van der Waals surface area contributed by atoms with Gasteiger partial charge in [0.05, 0.1) is 0 Å². The van der Waals surface area contributed by atoms with Gasteiger partial charge in [-0.05, 0) is 33.0 Å². The monoisotopic (exact) mass is 494 g/mol. The first-order valence-corrected chi connectivity index (χ1v) is 15.1. The van der Waals surface area contributed by atoms with E-state index in [0.29, 0.717) is 28.3 Å². The zero-order valence-corrected chi connectivity index (χ0v) is 24.9. The van der Waals surface area contributed by atoms with E-state index in [1.807, 2.05) is 0 Å². The maximum Gasteiger partial charge on any atom is 0.0395 e. The predicted molar refractivity (Wildman–Crippen MR) is 152 cm³/mol. The molecule has 1 aliphatic carbocycles. The summed E-state index contributed by atoms with van der Waals surface area (Å²) in [4.78, 5) is 0. The van der Waals surface area contributed by atoms with E-state index in [1.54, 1.807) is 5.57 Å². The Morgan fingerprint density at radius 1 is 0.818 bits per heavy atom. The van der Waals surface area contributed by atoms with Gasteiger partial charge in [-0.25, -0.2) is 0 Å². The lowest BCUT2D eigenvalue weighted by atomic mass is 9.77. The molecule has 6 heteroatoms. The number of allylic oxidation sites excluding steroid dienone is 3. The first kappa shape index (κ1) is 27.8. The molecule has 0 amide bonds. The summed E-state index contributed by atoms with van der Waals surface area (Å²) in [5.74, 6) is 0.494. The fourth-order valence-electron chi connectivity index (χ4n) is 6.07. The molecule has 2 fully saturated rings.